The van der Waals surface area contributed by atoms with E-state index < -0.39 is 0 Å². The van der Waals surface area contributed by atoms with Gasteiger partial charge in [-0.15, -0.1) is 0 Å². The van der Waals surface area contributed by atoms with Crippen molar-refractivity contribution in [2.45, 2.75) is 20.3 Å². The van der Waals surface area contributed by atoms with Crippen LogP contribution in [0.2, 0.25) is 0 Å². The number of ether oxygens (including phenoxy) is 1. The van der Waals surface area contributed by atoms with Crippen molar-refractivity contribution in [2.75, 3.05) is 6.61 Å². The fraction of sp³-hybridized carbons (Fsp3) is 0.417. The van der Waals surface area contributed by atoms with Crippen LogP contribution in [0.5, 0.6) is 5.75 Å². The van der Waals surface area contributed by atoms with Crippen LogP contribution in [0.15, 0.2) is 24.3 Å². The molecule has 1 unspecified atom stereocenters. The lowest BCUT2D eigenvalue weighted by molar-refractivity contribution is 0.262. The molecule has 0 heterocycles. The molecule has 0 radical (unpaired) electrons. The molecular weight excluding hydrogens is 174 g/mol. The summed E-state index contributed by atoms with van der Waals surface area (Å²) in [6.45, 7) is 4.65. The number of hydrogen-bond donors (Lipinski definition) is 0. The van der Waals surface area contributed by atoms with Gasteiger partial charge in [-0.05, 0) is 24.6 Å². The maximum atomic E-state index is 8.47. The van der Waals surface area contributed by atoms with Gasteiger partial charge in [-0.1, -0.05) is 19.1 Å². The average Bonchev–Trinajstić information content (AvgIpc) is 2.15. The van der Waals surface area contributed by atoms with E-state index in [0.29, 0.717) is 18.9 Å². The molecular formula is C12H15NO. The molecule has 0 bridgehead atoms. The molecule has 0 aliphatic heterocycles. The largest absolute Gasteiger partial charge is 0.493 e. The normalized spacial score (nSPS) is 11.8. The molecule has 0 fully saturated rings. The van der Waals surface area contributed by atoms with Crippen molar-refractivity contribution in [2.24, 2.45) is 5.92 Å². The lowest BCUT2D eigenvalue weighted by Gasteiger charge is -2.10. The molecule has 0 saturated heterocycles. The van der Waals surface area contributed by atoms with Crippen molar-refractivity contribution in [1.29, 1.82) is 5.26 Å². The van der Waals surface area contributed by atoms with E-state index in [1.807, 2.05) is 38.1 Å². The van der Waals surface area contributed by atoms with E-state index in [9.17, 15) is 0 Å². The highest BCUT2D eigenvalue weighted by Gasteiger charge is 2.02. The molecule has 0 amide bonds. The predicted molar refractivity (Wildman–Crippen MR) is 56.1 cm³/mol. The van der Waals surface area contributed by atoms with Crippen LogP contribution in [0.3, 0.4) is 0 Å². The van der Waals surface area contributed by atoms with Gasteiger partial charge < -0.3 is 4.74 Å². The van der Waals surface area contributed by atoms with Crippen LogP contribution < -0.4 is 4.74 Å². The third kappa shape index (κ3) is 3.49. The molecule has 0 N–H and O–H groups in total. The first-order valence-electron chi connectivity index (χ1n) is 4.79. The van der Waals surface area contributed by atoms with E-state index in [1.165, 1.54) is 5.56 Å². The number of nitrogens with zero attached hydrogens (tertiary/aromatic N) is 1. The summed E-state index contributed by atoms with van der Waals surface area (Å²) in [4.78, 5) is 0. The van der Waals surface area contributed by atoms with Crippen LogP contribution in [0, 0.1) is 24.2 Å². The van der Waals surface area contributed by atoms with Crippen LogP contribution in [0.1, 0.15) is 18.9 Å². The highest BCUT2D eigenvalue weighted by molar-refractivity contribution is 5.27. The second kappa shape index (κ2) is 5.29. The first kappa shape index (κ1) is 10.6. The van der Waals surface area contributed by atoms with E-state index in [0.717, 1.165) is 5.75 Å². The van der Waals surface area contributed by atoms with Crippen LogP contribution in [0.4, 0.5) is 0 Å². The Labute approximate surface area is 85.1 Å². The highest BCUT2D eigenvalue weighted by atomic mass is 16.5. The Morgan fingerprint density at radius 3 is 2.93 bits per heavy atom. The zero-order valence-corrected chi connectivity index (χ0v) is 8.66. The third-order valence-corrected chi connectivity index (χ3v) is 1.96. The molecule has 0 spiro atoms. The Morgan fingerprint density at radius 1 is 1.50 bits per heavy atom. The zero-order chi connectivity index (χ0) is 10.4. The first-order chi connectivity index (χ1) is 6.72. The van der Waals surface area contributed by atoms with Crippen molar-refractivity contribution in [3.8, 4) is 11.8 Å². The van der Waals surface area contributed by atoms with Gasteiger partial charge in [-0.3, -0.25) is 0 Å². The van der Waals surface area contributed by atoms with Gasteiger partial charge in [0.1, 0.15) is 5.75 Å². The minimum absolute atomic E-state index is 0.292. The van der Waals surface area contributed by atoms with Gasteiger partial charge >= 0.3 is 0 Å². The maximum Gasteiger partial charge on any atom is 0.119 e. The SMILES string of the molecule is Cc1cccc(OCC(C)CC#N)c1. The van der Waals surface area contributed by atoms with Crippen LogP contribution in [-0.2, 0) is 0 Å². The number of aryl methyl sites for hydroxylation is 1. The van der Waals surface area contributed by atoms with Gasteiger partial charge in [0, 0.05) is 12.3 Å². The van der Waals surface area contributed by atoms with Crippen molar-refractivity contribution < 1.29 is 4.74 Å². The maximum absolute atomic E-state index is 8.47. The summed E-state index contributed by atoms with van der Waals surface area (Å²) in [5.41, 5.74) is 1.19. The summed E-state index contributed by atoms with van der Waals surface area (Å²) in [7, 11) is 0. The molecule has 1 atom stereocenters. The highest BCUT2D eigenvalue weighted by Crippen LogP contribution is 2.13. The average molecular weight is 189 g/mol. The minimum atomic E-state index is 0.292. The van der Waals surface area contributed by atoms with Crippen molar-refractivity contribution in [3.63, 3.8) is 0 Å². The lowest BCUT2D eigenvalue weighted by atomic mass is 10.1. The molecule has 14 heavy (non-hydrogen) atoms. The fourth-order valence-electron chi connectivity index (χ4n) is 1.16. The Hall–Kier alpha value is -1.49. The second-order valence-electron chi connectivity index (χ2n) is 3.59. The van der Waals surface area contributed by atoms with Crippen LogP contribution in [0.25, 0.3) is 0 Å². The summed E-state index contributed by atoms with van der Waals surface area (Å²) < 4.78 is 5.55. The van der Waals surface area contributed by atoms with Gasteiger partial charge in [0.2, 0.25) is 0 Å². The molecule has 1 aromatic carbocycles. The fourth-order valence-corrected chi connectivity index (χ4v) is 1.16. The molecule has 0 aromatic heterocycles. The van der Waals surface area contributed by atoms with Gasteiger partial charge in [0.25, 0.3) is 0 Å². The molecule has 2 nitrogen and oxygen atoms in total. The number of hydrogen-bond acceptors (Lipinski definition) is 2. The molecule has 0 saturated carbocycles. The molecule has 1 aromatic rings. The Kier molecular flexibility index (Phi) is 4.00. The smallest absolute Gasteiger partial charge is 0.119 e. The summed E-state index contributed by atoms with van der Waals surface area (Å²) in [5, 5.41) is 8.47. The van der Waals surface area contributed by atoms with E-state index in [-0.39, 0.29) is 0 Å². The molecule has 2 heteroatoms. The zero-order valence-electron chi connectivity index (χ0n) is 8.66. The predicted octanol–water partition coefficient (Wildman–Crippen LogP) is 2.92. The summed E-state index contributed by atoms with van der Waals surface area (Å²) >= 11 is 0. The summed E-state index contributed by atoms with van der Waals surface area (Å²) in [5.74, 6) is 1.18. The van der Waals surface area contributed by atoms with E-state index in [1.54, 1.807) is 0 Å². The number of nitriles is 1. The number of rotatable bonds is 4. The molecule has 74 valence electrons. The topological polar surface area (TPSA) is 33.0 Å². The molecule has 0 aliphatic carbocycles. The second-order valence-corrected chi connectivity index (χ2v) is 3.59. The van der Waals surface area contributed by atoms with E-state index in [4.69, 9.17) is 10.00 Å². The van der Waals surface area contributed by atoms with Crippen molar-refractivity contribution in [3.05, 3.63) is 29.8 Å². The Bertz CT molecular complexity index is 327. The van der Waals surface area contributed by atoms with E-state index >= 15 is 0 Å². The van der Waals surface area contributed by atoms with Gasteiger partial charge in [0.05, 0.1) is 12.7 Å². The van der Waals surface area contributed by atoms with Crippen LogP contribution >= 0.6 is 0 Å². The lowest BCUT2D eigenvalue weighted by Crippen LogP contribution is -2.07. The molecule has 0 aliphatic rings. The summed E-state index contributed by atoms with van der Waals surface area (Å²) in [6.07, 6.45) is 0.547. The first-order valence-corrected chi connectivity index (χ1v) is 4.79. The minimum Gasteiger partial charge on any atom is -0.493 e. The van der Waals surface area contributed by atoms with E-state index in [2.05, 4.69) is 6.07 Å². The van der Waals surface area contributed by atoms with Gasteiger partial charge in [-0.2, -0.15) is 5.26 Å². The molecule has 1 rings (SSSR count). The number of benzene rings is 1. The Morgan fingerprint density at radius 2 is 2.29 bits per heavy atom. The van der Waals surface area contributed by atoms with Crippen molar-refractivity contribution >= 4 is 0 Å². The third-order valence-electron chi connectivity index (χ3n) is 1.96. The van der Waals surface area contributed by atoms with Gasteiger partial charge in [-0.25, -0.2) is 0 Å². The quantitative estimate of drug-likeness (QED) is 0.729. The van der Waals surface area contributed by atoms with Crippen LogP contribution in [-0.4, -0.2) is 6.61 Å². The Balaban J connectivity index is 2.42. The standard InChI is InChI=1S/C12H15NO/c1-10-4-3-5-12(8-10)14-9-11(2)6-7-13/h3-5,8,11H,6,9H2,1-2H3. The van der Waals surface area contributed by atoms with Crippen molar-refractivity contribution in [1.82, 2.24) is 0 Å². The monoisotopic (exact) mass is 189 g/mol. The summed E-state index contributed by atoms with van der Waals surface area (Å²) in [6, 6.07) is 10.1. The van der Waals surface area contributed by atoms with Gasteiger partial charge in [0.15, 0.2) is 0 Å².